The largest absolute Gasteiger partial charge is 0.497 e. The van der Waals surface area contributed by atoms with E-state index in [1.807, 2.05) is 0 Å². The molecule has 6 aliphatic rings. The number of aromatic nitrogens is 6. The zero-order valence-electron chi connectivity index (χ0n) is 61.7. The number of rotatable bonds is 23. The van der Waals surface area contributed by atoms with Crippen LogP contribution < -0.4 is 70.9 Å². The minimum Gasteiger partial charge on any atom is -0.497 e. The molecule has 3 amide bonds. The third kappa shape index (κ3) is 18.1. The Morgan fingerprint density at radius 3 is 1.12 bits per heavy atom. The van der Waals surface area contributed by atoms with Gasteiger partial charge in [0.2, 0.25) is 24.4 Å². The third-order valence-electron chi connectivity index (χ3n) is 16.5. The van der Waals surface area contributed by atoms with Gasteiger partial charge < -0.3 is 68.1 Å². The second kappa shape index (κ2) is 34.3. The topological polar surface area (TPSA) is 428 Å². The number of hydrogen-bond acceptors (Lipinski definition) is 32. The number of hydrogen-bond donors (Lipinski definition) is 3. The number of nitrogens with one attached hydrogen (secondary N) is 3. The van der Waals surface area contributed by atoms with Crippen molar-refractivity contribution in [2.75, 3.05) is 92.6 Å². The summed E-state index contributed by atoms with van der Waals surface area (Å²) in [6.07, 6.45) is -15.2. The van der Waals surface area contributed by atoms with E-state index in [0.717, 1.165) is 36.8 Å². The fourth-order valence-electron chi connectivity index (χ4n) is 11.7. The number of fused-ring (bicyclic) bond motifs is 3. The minimum absolute atomic E-state index is 0.00890. The van der Waals surface area contributed by atoms with Crippen LogP contribution in [0.2, 0.25) is 0 Å². The van der Waals surface area contributed by atoms with Crippen LogP contribution >= 0.6 is 23.5 Å². The van der Waals surface area contributed by atoms with Crippen LogP contribution in [-0.4, -0.2) is 196 Å². The maximum atomic E-state index is 15.3. The zero-order chi connectivity index (χ0) is 81.9. The first kappa shape index (κ1) is 85.3. The average molecular weight is 1650 g/mol. The molecule has 0 bridgehead atoms. The summed E-state index contributed by atoms with van der Waals surface area (Å²) in [7, 11) is -1.68. The molecule has 6 aromatic rings. The Morgan fingerprint density at radius 1 is 0.429 bits per heavy atom. The highest BCUT2D eigenvalue weighted by molar-refractivity contribution is 7.49. The van der Waals surface area contributed by atoms with Crippen molar-refractivity contribution < 1.29 is 147 Å². The number of anilines is 3. The van der Waals surface area contributed by atoms with Gasteiger partial charge in [-0.25, -0.2) is 28.1 Å². The summed E-state index contributed by atoms with van der Waals surface area (Å²) >= 11 is 0. The van der Waals surface area contributed by atoms with Crippen LogP contribution in [0.4, 0.5) is 43.8 Å². The molecule has 6 unspecified atom stereocenters. The molecule has 6 fully saturated rings. The van der Waals surface area contributed by atoms with Gasteiger partial charge in [0.1, 0.15) is 41.5 Å². The molecular formula is C65H76F6N9O29P3. The predicted octanol–water partition coefficient (Wildman–Crippen LogP) is 9.00. The number of halogens is 6. The lowest BCUT2D eigenvalue weighted by Gasteiger charge is -2.32. The molecule has 6 saturated heterocycles. The van der Waals surface area contributed by atoms with E-state index < -0.39 is 169 Å². The lowest BCUT2D eigenvalue weighted by atomic mass is 10.1. The standard InChI is InChI=1S/2C22H26F2N3O10P.C21H24F2N3O9P/c1-11(2)36-38(30)34-10-15-18(37-38)22(23,24)20(35-15)27-7-6-16(26-21(27)29)25-19(28)13-8-12(31-3)9-14(32-4)17(13)33-5;1-11(2)36-38(30)34-10-14-18(37-38)22(23,24)20(35-14)27-9-8-15(26-21(27)29)25-19(28)12-6-7-13(31-3)17(33-5)16(12)32-4;1-11(2)34-36(29)32-10-15-17(35-36)21(22,23)19(33-15)26-8-7-16(25-20(26)28)24-18(27)12-5-6-13(30-3)14(9-12)31-4/h6-9,11,15,18,20H,10H2,1-5H3,(H,25,26,28,29);6-9,11,14,18,20H,10H2,1-5H3,(H,25,26,28,29);5-9,11,15,17,19H,10H2,1-4H3,(H,24,25,27,28)/t15-,18-,20?,38?;14-,18-,20?,38?;15-,17-,19?,36?/m111/s1. The Morgan fingerprint density at radius 2 is 0.786 bits per heavy atom. The van der Waals surface area contributed by atoms with Crippen molar-refractivity contribution in [1.29, 1.82) is 0 Å². The molecule has 38 nitrogen and oxygen atoms in total. The Balaban J connectivity index is 0.000000178. The molecule has 12 atom stereocenters. The quantitative estimate of drug-likeness (QED) is 0.0397. The number of phosphoric acid groups is 3. The van der Waals surface area contributed by atoms with E-state index >= 15 is 26.3 Å². The maximum Gasteiger partial charge on any atom is 0.475 e. The van der Waals surface area contributed by atoms with Crippen LogP contribution in [0.1, 0.15) is 91.3 Å². The van der Waals surface area contributed by atoms with E-state index in [1.165, 1.54) is 127 Å². The van der Waals surface area contributed by atoms with Crippen molar-refractivity contribution in [3.8, 4) is 46.0 Å². The molecule has 9 heterocycles. The van der Waals surface area contributed by atoms with Gasteiger partial charge in [-0.15, -0.1) is 0 Å². The van der Waals surface area contributed by atoms with Crippen LogP contribution in [0.3, 0.4) is 0 Å². The maximum absolute atomic E-state index is 15.3. The van der Waals surface area contributed by atoms with Crippen molar-refractivity contribution in [3.63, 3.8) is 0 Å². The van der Waals surface area contributed by atoms with Crippen LogP contribution in [0, 0.1) is 0 Å². The fraction of sp³-hybridized carbons (Fsp3) is 0.492. The van der Waals surface area contributed by atoms with E-state index in [2.05, 4.69) is 30.9 Å². The molecule has 0 saturated carbocycles. The Kier molecular flexibility index (Phi) is 26.1. The molecule has 112 heavy (non-hydrogen) atoms. The number of carbonyl (C=O) groups is 3. The van der Waals surface area contributed by atoms with Gasteiger partial charge in [-0.05, 0) is 96.1 Å². The van der Waals surface area contributed by atoms with Crippen LogP contribution in [0.25, 0.3) is 0 Å². The second-order valence-corrected chi connectivity index (χ2v) is 29.8. The number of methoxy groups -OCH3 is 8. The first-order chi connectivity index (χ1) is 52.8. The third-order valence-corrected chi connectivity index (χ3v) is 21.4. The molecule has 6 aliphatic heterocycles. The van der Waals surface area contributed by atoms with Gasteiger partial charge in [0, 0.05) is 30.2 Å². The Labute approximate surface area is 631 Å². The highest BCUT2D eigenvalue weighted by atomic mass is 31.2. The Hall–Kier alpha value is -9.10. The minimum atomic E-state index is -4.26. The first-order valence-corrected chi connectivity index (χ1v) is 37.7. The van der Waals surface area contributed by atoms with Crippen molar-refractivity contribution in [2.24, 2.45) is 0 Å². The summed E-state index contributed by atoms with van der Waals surface area (Å²) in [5.41, 5.74) is -3.19. The van der Waals surface area contributed by atoms with Gasteiger partial charge in [0.25, 0.3) is 17.7 Å². The van der Waals surface area contributed by atoms with Gasteiger partial charge in [0.15, 0.2) is 52.8 Å². The molecule has 3 aromatic carbocycles. The average Bonchev–Trinajstić information content (AvgIpc) is 1.59. The van der Waals surface area contributed by atoms with E-state index in [-0.39, 0.29) is 57.1 Å². The van der Waals surface area contributed by atoms with Crippen molar-refractivity contribution >= 4 is 58.6 Å². The van der Waals surface area contributed by atoms with E-state index in [9.17, 15) is 42.5 Å². The lowest BCUT2D eigenvalue weighted by Crippen LogP contribution is -2.45. The van der Waals surface area contributed by atoms with Gasteiger partial charge in [-0.3, -0.25) is 68.8 Å². The fourth-order valence-corrected chi connectivity index (χ4v) is 16.4. The van der Waals surface area contributed by atoms with Crippen LogP contribution in [0.15, 0.2) is 93.6 Å². The summed E-state index contributed by atoms with van der Waals surface area (Å²) in [5.74, 6) is -12.2. The number of ether oxygens (including phenoxy) is 11. The SMILES string of the molecule is COc1cc(OC)c(OC)c(C(=O)Nc2ccn(C3O[C@@H]4COP(=O)(OC(C)C)O[C@H]4C3(F)F)c(=O)n2)c1.COc1ccc(C(=O)Nc2ccn(C3O[C@@H]4COP(=O)(OC(C)C)O[C@H]4C3(F)F)c(=O)n2)c(OC)c1OC.COc1ccc(C(=O)Nc2ccn(C3O[C@@H]4COP(=O)(OC(C)C)O[C@H]4C3(F)F)c(=O)n2)cc1OC. The highest BCUT2D eigenvalue weighted by Crippen LogP contribution is 2.63. The summed E-state index contributed by atoms with van der Waals surface area (Å²) in [6, 6.07) is 13.6. The summed E-state index contributed by atoms with van der Waals surface area (Å²) in [5, 5.41) is 7.25. The molecular weight excluding hydrogens is 1580 g/mol. The lowest BCUT2D eigenvalue weighted by molar-refractivity contribution is -0.139. The van der Waals surface area contributed by atoms with Crippen LogP contribution in [-0.2, 0) is 68.6 Å². The van der Waals surface area contributed by atoms with Crippen molar-refractivity contribution in [1.82, 2.24) is 28.7 Å². The van der Waals surface area contributed by atoms with Gasteiger partial charge >= 0.3 is 58.3 Å². The molecule has 0 aliphatic carbocycles. The second-order valence-electron chi connectivity index (χ2n) is 25.1. The monoisotopic (exact) mass is 1650 g/mol. The molecule has 3 N–H and O–H groups in total. The summed E-state index contributed by atoms with van der Waals surface area (Å²) in [4.78, 5) is 87.4. The number of carbonyl (C=O) groups excluding carboxylic acids is 3. The van der Waals surface area contributed by atoms with Crippen LogP contribution in [0.5, 0.6) is 46.0 Å². The number of nitrogens with zero attached hydrogens (tertiary/aromatic N) is 6. The first-order valence-electron chi connectivity index (χ1n) is 33.3. The Bertz CT molecular complexity index is 4830. The smallest absolute Gasteiger partial charge is 0.475 e. The normalized spacial score (nSPS) is 26.3. The van der Waals surface area contributed by atoms with Gasteiger partial charge in [-0.2, -0.15) is 41.3 Å². The van der Waals surface area contributed by atoms with Crippen molar-refractivity contribution in [2.45, 2.75) is 133 Å². The number of amides is 3. The summed E-state index contributed by atoms with van der Waals surface area (Å²) in [6.45, 7) is 7.76. The van der Waals surface area contributed by atoms with E-state index in [1.54, 1.807) is 13.8 Å². The molecule has 12 rings (SSSR count). The highest BCUT2D eigenvalue weighted by Gasteiger charge is 2.68. The number of benzene rings is 3. The van der Waals surface area contributed by atoms with E-state index in [0.29, 0.717) is 36.7 Å². The molecule has 0 radical (unpaired) electrons. The number of alkyl halides is 6. The molecule has 0 spiro atoms. The van der Waals surface area contributed by atoms with Crippen molar-refractivity contribution in [3.05, 3.63) is 127 Å². The van der Waals surface area contributed by atoms with Gasteiger partial charge in [-0.1, -0.05) is 0 Å². The zero-order valence-corrected chi connectivity index (χ0v) is 64.4. The molecule has 612 valence electrons. The van der Waals surface area contributed by atoms with Gasteiger partial charge in [0.05, 0.1) is 106 Å². The van der Waals surface area contributed by atoms with E-state index in [4.69, 9.17) is 92.8 Å². The number of phosphoric ester groups is 3. The molecule has 47 heteroatoms. The predicted molar refractivity (Wildman–Crippen MR) is 372 cm³/mol. The summed E-state index contributed by atoms with van der Waals surface area (Å²) < 4.78 is 234. The molecule has 3 aromatic heterocycles.